The number of carbonyl (C=O) groups is 2. The molecule has 5 nitrogen and oxygen atoms in total. The highest BCUT2D eigenvalue weighted by Crippen LogP contribution is 2.33. The zero-order valence-corrected chi connectivity index (χ0v) is 22.9. The number of hydrogen-bond acceptors (Lipinski definition) is 3. The summed E-state index contributed by atoms with van der Waals surface area (Å²) in [6, 6.07) is 12.2. The zero-order valence-electron chi connectivity index (χ0n) is 22.9. The molecule has 0 bridgehead atoms. The molecule has 0 fully saturated rings. The summed E-state index contributed by atoms with van der Waals surface area (Å²) in [5.74, 6) is -1.65. The van der Waals surface area contributed by atoms with Gasteiger partial charge in [-0.25, -0.2) is 4.79 Å². The summed E-state index contributed by atoms with van der Waals surface area (Å²) < 4.78 is 42.4. The number of nitrogens with zero attached hydrogens (tertiary/aromatic N) is 1. The van der Waals surface area contributed by atoms with Crippen molar-refractivity contribution < 1.29 is 27.9 Å². The summed E-state index contributed by atoms with van der Waals surface area (Å²) in [6.07, 6.45) is 2.98. The van der Waals surface area contributed by atoms with Crippen molar-refractivity contribution in [1.29, 1.82) is 0 Å². The first-order valence-corrected chi connectivity index (χ1v) is 13.4. The van der Waals surface area contributed by atoms with E-state index in [0.29, 0.717) is 49.9 Å². The van der Waals surface area contributed by atoms with Crippen molar-refractivity contribution in [1.82, 2.24) is 0 Å². The van der Waals surface area contributed by atoms with E-state index in [-0.39, 0.29) is 29.5 Å². The maximum Gasteiger partial charge on any atom is 0.417 e. The molecule has 2 aromatic carbocycles. The number of carboxylic acid groups (broad SMARTS) is 1. The molecule has 3 rings (SSSR count). The van der Waals surface area contributed by atoms with E-state index in [0.717, 1.165) is 16.7 Å². The molecule has 0 aromatic heterocycles. The first-order chi connectivity index (χ1) is 19.0. The standard InChI is InChI=1S/C32H35F3N2O3/c1-4-30(38)37-28-13-6-5-9-23(28)10-8-14-29-27(32(33,34)35)19-21(2)15-18-26(36-29)12-7-11-24-20-25(31(39)40)17-16-22(24)3/h4-6,9,13,16-21H,1,7-8,10-12,14-15H2,2-3H3,(H,37,38)(H,39,40)/b26-18+,27-19?,36-29?. The summed E-state index contributed by atoms with van der Waals surface area (Å²) in [5.41, 5.74) is 3.46. The monoisotopic (exact) mass is 552 g/mol. The minimum absolute atomic E-state index is 0.0157. The normalized spacial score (nSPS) is 17.0. The predicted octanol–water partition coefficient (Wildman–Crippen LogP) is 8.02. The Labute approximate surface area is 233 Å². The zero-order chi connectivity index (χ0) is 29.3. The SMILES string of the molecule is C=CC(=O)Nc1ccccc1CCCC1=N/C(CCCc2cc(C(=O)O)ccc2C)=C/CC(C)C=C1C(F)(F)F. The molecule has 0 radical (unpaired) electrons. The quantitative estimate of drug-likeness (QED) is 0.277. The molecule has 1 heterocycles. The van der Waals surface area contributed by atoms with Crippen molar-refractivity contribution in [3.05, 3.63) is 101 Å². The topological polar surface area (TPSA) is 78.8 Å². The van der Waals surface area contributed by atoms with Gasteiger partial charge in [-0.05, 0) is 98.8 Å². The Balaban J connectivity index is 1.78. The van der Waals surface area contributed by atoms with E-state index in [4.69, 9.17) is 0 Å². The molecule has 2 aromatic rings. The minimum atomic E-state index is -4.53. The molecule has 0 saturated carbocycles. The van der Waals surface area contributed by atoms with Crippen molar-refractivity contribution in [2.45, 2.75) is 65.0 Å². The van der Waals surface area contributed by atoms with Gasteiger partial charge in [0.15, 0.2) is 0 Å². The fourth-order valence-electron chi connectivity index (χ4n) is 4.68. The highest BCUT2D eigenvalue weighted by Gasteiger charge is 2.37. The number of nitrogens with one attached hydrogen (secondary N) is 1. The van der Waals surface area contributed by atoms with Gasteiger partial charge < -0.3 is 10.4 Å². The highest BCUT2D eigenvalue weighted by molar-refractivity contribution is 6.02. The van der Waals surface area contributed by atoms with Gasteiger partial charge in [-0.1, -0.05) is 49.9 Å². The molecule has 0 spiro atoms. The second-order valence-corrected chi connectivity index (χ2v) is 10.0. The molecule has 40 heavy (non-hydrogen) atoms. The number of aromatic carboxylic acids is 1. The fourth-order valence-corrected chi connectivity index (χ4v) is 4.68. The van der Waals surface area contributed by atoms with E-state index in [2.05, 4.69) is 16.9 Å². The van der Waals surface area contributed by atoms with Crippen LogP contribution in [0.3, 0.4) is 0 Å². The predicted molar refractivity (Wildman–Crippen MR) is 153 cm³/mol. The smallest absolute Gasteiger partial charge is 0.417 e. The summed E-state index contributed by atoms with van der Waals surface area (Å²) in [7, 11) is 0. The Morgan fingerprint density at radius 1 is 1.07 bits per heavy atom. The second-order valence-electron chi connectivity index (χ2n) is 10.0. The molecule has 0 saturated heterocycles. The van der Waals surface area contributed by atoms with Gasteiger partial charge in [0, 0.05) is 11.4 Å². The molecule has 8 heteroatoms. The fraction of sp³-hybridized carbons (Fsp3) is 0.344. The minimum Gasteiger partial charge on any atom is -0.478 e. The average Bonchev–Trinajstić information content (AvgIpc) is 2.89. The lowest BCUT2D eigenvalue weighted by molar-refractivity contribution is -0.111. The van der Waals surface area contributed by atoms with Gasteiger partial charge in [0.05, 0.1) is 16.8 Å². The van der Waals surface area contributed by atoms with Gasteiger partial charge in [-0.2, -0.15) is 13.2 Å². The van der Waals surface area contributed by atoms with Crippen molar-refractivity contribution in [2.24, 2.45) is 10.9 Å². The summed E-state index contributed by atoms with van der Waals surface area (Å²) in [6.45, 7) is 7.13. The number of amides is 1. The van der Waals surface area contributed by atoms with Gasteiger partial charge in [0.25, 0.3) is 0 Å². The molecule has 212 valence electrons. The second kappa shape index (κ2) is 13.9. The van der Waals surface area contributed by atoms with E-state index < -0.39 is 17.7 Å². The number of rotatable bonds is 11. The van der Waals surface area contributed by atoms with Crippen LogP contribution >= 0.6 is 0 Å². The number of carbonyl (C=O) groups excluding carboxylic acids is 1. The van der Waals surface area contributed by atoms with Crippen LogP contribution in [0.5, 0.6) is 0 Å². The third kappa shape index (κ3) is 8.79. The third-order valence-corrected chi connectivity index (χ3v) is 6.87. The molecular formula is C32H35F3N2O3. The van der Waals surface area contributed by atoms with Crippen molar-refractivity contribution in [3.8, 4) is 0 Å². The number of para-hydroxylation sites is 1. The lowest BCUT2D eigenvalue weighted by Crippen LogP contribution is -2.22. The van der Waals surface area contributed by atoms with Crippen LogP contribution in [-0.4, -0.2) is 28.9 Å². The molecule has 1 atom stereocenters. The summed E-state index contributed by atoms with van der Waals surface area (Å²) >= 11 is 0. The largest absolute Gasteiger partial charge is 0.478 e. The Bertz CT molecular complexity index is 1340. The van der Waals surface area contributed by atoms with E-state index in [1.54, 1.807) is 37.3 Å². The summed E-state index contributed by atoms with van der Waals surface area (Å²) in [4.78, 5) is 27.7. The molecule has 2 N–H and O–H groups in total. The van der Waals surface area contributed by atoms with E-state index in [9.17, 15) is 27.9 Å². The Hall–Kier alpha value is -3.94. The Morgan fingerprint density at radius 3 is 2.48 bits per heavy atom. The van der Waals surface area contributed by atoms with Crippen LogP contribution in [0.2, 0.25) is 0 Å². The molecule has 0 aliphatic carbocycles. The number of allylic oxidation sites excluding steroid dienone is 4. The van der Waals surface area contributed by atoms with Crippen LogP contribution in [0.1, 0.15) is 66.1 Å². The number of hydrogen-bond donors (Lipinski definition) is 2. The first kappa shape index (κ1) is 30.6. The van der Waals surface area contributed by atoms with Gasteiger partial charge in [-0.15, -0.1) is 0 Å². The number of alkyl halides is 3. The third-order valence-electron chi connectivity index (χ3n) is 6.87. The van der Waals surface area contributed by atoms with E-state index in [1.165, 1.54) is 12.2 Å². The van der Waals surface area contributed by atoms with Gasteiger partial charge in [-0.3, -0.25) is 9.79 Å². The number of aliphatic imine (C=N–C) groups is 1. The van der Waals surface area contributed by atoms with Crippen molar-refractivity contribution in [2.75, 3.05) is 5.32 Å². The summed E-state index contributed by atoms with van der Waals surface area (Å²) in [5, 5.41) is 12.0. The molecule has 1 unspecified atom stereocenters. The van der Waals surface area contributed by atoms with Gasteiger partial charge >= 0.3 is 12.1 Å². The maximum absolute atomic E-state index is 14.1. The number of aryl methyl sites for hydroxylation is 3. The van der Waals surface area contributed by atoms with Crippen molar-refractivity contribution in [3.63, 3.8) is 0 Å². The molecule has 1 aliphatic heterocycles. The first-order valence-electron chi connectivity index (χ1n) is 13.4. The van der Waals surface area contributed by atoms with Gasteiger partial charge in [0.1, 0.15) is 0 Å². The van der Waals surface area contributed by atoms with E-state index >= 15 is 0 Å². The number of carboxylic acids is 1. The van der Waals surface area contributed by atoms with E-state index in [1.807, 2.05) is 25.1 Å². The number of anilines is 1. The van der Waals surface area contributed by atoms with Gasteiger partial charge in [0.2, 0.25) is 5.91 Å². The lowest BCUT2D eigenvalue weighted by Gasteiger charge is -2.20. The average molecular weight is 553 g/mol. The highest BCUT2D eigenvalue weighted by atomic mass is 19.4. The van der Waals surface area contributed by atoms with Crippen LogP contribution < -0.4 is 5.32 Å². The molecule has 1 amide bonds. The Morgan fingerprint density at radius 2 is 1.77 bits per heavy atom. The molecular weight excluding hydrogens is 517 g/mol. The van der Waals surface area contributed by atoms with Crippen molar-refractivity contribution >= 4 is 23.3 Å². The number of halogens is 3. The van der Waals surface area contributed by atoms with Crippen LogP contribution in [0.15, 0.2) is 83.5 Å². The Kier molecular flexibility index (Phi) is 10.6. The number of benzene rings is 2. The van der Waals surface area contributed by atoms with Crippen LogP contribution in [0.25, 0.3) is 0 Å². The maximum atomic E-state index is 14.1. The van der Waals surface area contributed by atoms with Crippen LogP contribution in [0.4, 0.5) is 18.9 Å². The van der Waals surface area contributed by atoms with Crippen LogP contribution in [0, 0.1) is 12.8 Å². The lowest BCUT2D eigenvalue weighted by atomic mass is 9.94. The van der Waals surface area contributed by atoms with Crippen LogP contribution in [-0.2, 0) is 17.6 Å². The molecule has 1 aliphatic rings.